The number of thioether (sulfide) groups is 1. The van der Waals surface area contributed by atoms with E-state index in [1.807, 2.05) is 24.3 Å². The van der Waals surface area contributed by atoms with Crippen LogP contribution in [0.5, 0.6) is 0 Å². The lowest BCUT2D eigenvalue weighted by molar-refractivity contribution is -0.137. The van der Waals surface area contributed by atoms with E-state index in [4.69, 9.17) is 0 Å². The number of aromatic nitrogens is 2. The quantitative estimate of drug-likeness (QED) is 0.764. The number of hydrogen-bond donors (Lipinski definition) is 2. The molecule has 0 spiro atoms. The Morgan fingerprint density at radius 2 is 2.15 bits per heavy atom. The first-order valence-electron chi connectivity index (χ1n) is 6.49. The second-order valence-electron chi connectivity index (χ2n) is 4.26. The van der Waals surface area contributed by atoms with Gasteiger partial charge in [-0.2, -0.15) is 11.8 Å². The molecule has 0 bridgehead atoms. The van der Waals surface area contributed by atoms with Gasteiger partial charge in [0.05, 0.1) is 17.2 Å². The molecule has 0 radical (unpaired) electrons. The molecule has 1 heterocycles. The molecular formula is C14H17N3O2S. The summed E-state index contributed by atoms with van der Waals surface area (Å²) in [5.74, 6) is 1.43. The lowest BCUT2D eigenvalue weighted by Crippen LogP contribution is -2.30. The van der Waals surface area contributed by atoms with Gasteiger partial charge in [-0.25, -0.2) is 9.78 Å². The molecule has 0 saturated carbocycles. The fourth-order valence-corrected chi connectivity index (χ4v) is 2.50. The second kappa shape index (κ2) is 7.09. The Morgan fingerprint density at radius 3 is 2.85 bits per heavy atom. The summed E-state index contributed by atoms with van der Waals surface area (Å²) >= 11 is 1.73. The van der Waals surface area contributed by atoms with Gasteiger partial charge in [-0.05, 0) is 30.1 Å². The van der Waals surface area contributed by atoms with E-state index in [0.717, 1.165) is 22.5 Å². The zero-order chi connectivity index (χ0) is 14.4. The normalized spacial score (nSPS) is 12.2. The summed E-state index contributed by atoms with van der Waals surface area (Å²) in [4.78, 5) is 19.9. The van der Waals surface area contributed by atoms with Gasteiger partial charge in [-0.3, -0.25) is 4.98 Å². The van der Waals surface area contributed by atoms with Crippen molar-refractivity contribution in [3.63, 3.8) is 0 Å². The Bertz CT molecular complexity index is 591. The van der Waals surface area contributed by atoms with Gasteiger partial charge >= 0.3 is 5.97 Å². The first-order valence-corrected chi connectivity index (χ1v) is 7.65. The number of nitrogens with zero attached hydrogens (tertiary/aromatic N) is 2. The van der Waals surface area contributed by atoms with Gasteiger partial charge < -0.3 is 10.4 Å². The van der Waals surface area contributed by atoms with Crippen LogP contribution in [-0.2, 0) is 4.79 Å². The average Bonchev–Trinajstić information content (AvgIpc) is 2.46. The van der Waals surface area contributed by atoms with Gasteiger partial charge in [-0.15, -0.1) is 0 Å². The van der Waals surface area contributed by atoms with E-state index >= 15 is 0 Å². The summed E-state index contributed by atoms with van der Waals surface area (Å²) in [7, 11) is 0. The highest BCUT2D eigenvalue weighted by Crippen LogP contribution is 2.14. The number of anilines is 1. The molecule has 0 aliphatic heterocycles. The molecule has 5 nitrogen and oxygen atoms in total. The lowest BCUT2D eigenvalue weighted by Gasteiger charge is -2.14. The van der Waals surface area contributed by atoms with Crippen LogP contribution in [0.2, 0.25) is 0 Å². The van der Waals surface area contributed by atoms with Crippen LogP contribution >= 0.6 is 11.8 Å². The maximum Gasteiger partial charge on any atom is 0.326 e. The van der Waals surface area contributed by atoms with Crippen molar-refractivity contribution in [1.29, 1.82) is 0 Å². The summed E-state index contributed by atoms with van der Waals surface area (Å²) in [6.45, 7) is 2.06. The van der Waals surface area contributed by atoms with Crippen LogP contribution in [0.3, 0.4) is 0 Å². The standard InChI is InChI=1S/C14H17N3O2S/c1-2-20-8-7-12(14(18)19)17-13-9-15-10-5-3-4-6-11(10)16-13/h3-6,9,12H,2,7-8H2,1H3,(H,16,17)(H,18,19). The molecule has 0 aliphatic carbocycles. The number of rotatable bonds is 7. The third kappa shape index (κ3) is 3.84. The number of carboxylic acids is 1. The SMILES string of the molecule is CCSCCC(Nc1cnc2ccccc2n1)C(=O)O. The van der Waals surface area contributed by atoms with E-state index in [1.165, 1.54) is 0 Å². The molecule has 0 amide bonds. The third-order valence-electron chi connectivity index (χ3n) is 2.82. The molecule has 106 valence electrons. The predicted molar refractivity (Wildman–Crippen MR) is 82.2 cm³/mol. The van der Waals surface area contributed by atoms with Crippen molar-refractivity contribution >= 4 is 34.6 Å². The molecule has 2 rings (SSSR count). The Balaban J connectivity index is 2.09. The minimum absolute atomic E-state index is 0.498. The minimum atomic E-state index is -0.864. The number of nitrogens with one attached hydrogen (secondary N) is 1. The van der Waals surface area contributed by atoms with Gasteiger partial charge in [-0.1, -0.05) is 19.1 Å². The fraction of sp³-hybridized carbons (Fsp3) is 0.357. The Labute approximate surface area is 121 Å². The lowest BCUT2D eigenvalue weighted by atomic mass is 10.2. The van der Waals surface area contributed by atoms with Gasteiger partial charge in [0.15, 0.2) is 0 Å². The van der Waals surface area contributed by atoms with Crippen LogP contribution in [0.25, 0.3) is 11.0 Å². The summed E-state index contributed by atoms with van der Waals surface area (Å²) in [6.07, 6.45) is 2.13. The van der Waals surface area contributed by atoms with Crippen LogP contribution in [0.1, 0.15) is 13.3 Å². The summed E-state index contributed by atoms with van der Waals surface area (Å²) < 4.78 is 0. The van der Waals surface area contributed by atoms with E-state index in [2.05, 4.69) is 22.2 Å². The highest BCUT2D eigenvalue weighted by Gasteiger charge is 2.17. The van der Waals surface area contributed by atoms with Crippen molar-refractivity contribution in [1.82, 2.24) is 9.97 Å². The number of aliphatic carboxylic acids is 1. The first-order chi connectivity index (χ1) is 9.70. The van der Waals surface area contributed by atoms with Crippen LogP contribution in [0.15, 0.2) is 30.5 Å². The Hall–Kier alpha value is -1.82. The molecule has 1 aromatic heterocycles. The summed E-state index contributed by atoms with van der Waals surface area (Å²) in [5.41, 5.74) is 1.55. The molecule has 2 aromatic rings. The van der Waals surface area contributed by atoms with Crippen LogP contribution in [0, 0.1) is 0 Å². The van der Waals surface area contributed by atoms with E-state index in [1.54, 1.807) is 18.0 Å². The molecule has 1 unspecified atom stereocenters. The van der Waals surface area contributed by atoms with Crippen LogP contribution in [0.4, 0.5) is 5.82 Å². The van der Waals surface area contributed by atoms with Gasteiger partial charge in [0.2, 0.25) is 0 Å². The Kier molecular flexibility index (Phi) is 5.17. The molecule has 1 atom stereocenters. The van der Waals surface area contributed by atoms with Gasteiger partial charge in [0, 0.05) is 0 Å². The average molecular weight is 291 g/mol. The molecule has 0 saturated heterocycles. The van der Waals surface area contributed by atoms with Crippen molar-refractivity contribution in [2.75, 3.05) is 16.8 Å². The van der Waals surface area contributed by atoms with E-state index in [9.17, 15) is 9.90 Å². The maximum absolute atomic E-state index is 11.2. The van der Waals surface area contributed by atoms with E-state index in [-0.39, 0.29) is 0 Å². The number of fused-ring (bicyclic) bond motifs is 1. The highest BCUT2D eigenvalue weighted by molar-refractivity contribution is 7.99. The maximum atomic E-state index is 11.2. The van der Waals surface area contributed by atoms with Crippen molar-refractivity contribution in [2.24, 2.45) is 0 Å². The molecule has 1 aromatic carbocycles. The second-order valence-corrected chi connectivity index (χ2v) is 5.66. The summed E-state index contributed by atoms with van der Waals surface area (Å²) in [5, 5.41) is 12.2. The topological polar surface area (TPSA) is 75.1 Å². The van der Waals surface area contributed by atoms with E-state index in [0.29, 0.717) is 12.2 Å². The summed E-state index contributed by atoms with van der Waals surface area (Å²) in [6, 6.07) is 6.87. The smallest absolute Gasteiger partial charge is 0.326 e. The van der Waals surface area contributed by atoms with E-state index < -0.39 is 12.0 Å². The number of hydrogen-bond acceptors (Lipinski definition) is 5. The van der Waals surface area contributed by atoms with Crippen LogP contribution < -0.4 is 5.32 Å². The molecule has 0 aliphatic rings. The minimum Gasteiger partial charge on any atom is -0.480 e. The largest absolute Gasteiger partial charge is 0.480 e. The van der Waals surface area contributed by atoms with Gasteiger partial charge in [0.1, 0.15) is 11.9 Å². The zero-order valence-electron chi connectivity index (χ0n) is 11.2. The molecule has 2 N–H and O–H groups in total. The number of benzene rings is 1. The molecular weight excluding hydrogens is 274 g/mol. The predicted octanol–water partition coefficient (Wildman–Crippen LogP) is 2.64. The zero-order valence-corrected chi connectivity index (χ0v) is 12.1. The van der Waals surface area contributed by atoms with Crippen molar-refractivity contribution < 1.29 is 9.90 Å². The molecule has 6 heteroatoms. The third-order valence-corrected chi connectivity index (χ3v) is 3.76. The highest BCUT2D eigenvalue weighted by atomic mass is 32.2. The Morgan fingerprint density at radius 1 is 1.40 bits per heavy atom. The first kappa shape index (κ1) is 14.6. The molecule has 20 heavy (non-hydrogen) atoms. The monoisotopic (exact) mass is 291 g/mol. The van der Waals surface area contributed by atoms with Gasteiger partial charge in [0.25, 0.3) is 0 Å². The van der Waals surface area contributed by atoms with Crippen molar-refractivity contribution in [2.45, 2.75) is 19.4 Å². The number of carboxylic acid groups (broad SMARTS) is 1. The number of carbonyl (C=O) groups is 1. The van der Waals surface area contributed by atoms with Crippen LogP contribution in [-0.4, -0.2) is 38.6 Å². The van der Waals surface area contributed by atoms with Crippen molar-refractivity contribution in [3.05, 3.63) is 30.5 Å². The fourth-order valence-electron chi connectivity index (χ4n) is 1.81. The van der Waals surface area contributed by atoms with Crippen molar-refractivity contribution in [3.8, 4) is 0 Å². The number of para-hydroxylation sites is 2. The molecule has 0 fully saturated rings.